The molecule has 0 aliphatic carbocycles. The highest BCUT2D eigenvalue weighted by Crippen LogP contribution is 2.46. The number of hydrogen-bond acceptors (Lipinski definition) is 4. The number of hydrogen-bond donors (Lipinski definition) is 0. The van der Waals surface area contributed by atoms with E-state index in [9.17, 15) is 0 Å². The van der Waals surface area contributed by atoms with Crippen molar-refractivity contribution in [1.82, 2.24) is 9.13 Å². The van der Waals surface area contributed by atoms with Crippen LogP contribution < -0.4 is 19.6 Å². The normalized spacial score (nSPS) is 11.3. The van der Waals surface area contributed by atoms with Gasteiger partial charge in [0, 0.05) is 113 Å². The summed E-state index contributed by atoms with van der Waals surface area (Å²) in [6, 6.07) is 132. The van der Waals surface area contributed by atoms with E-state index in [2.05, 4.69) is 420 Å². The summed E-state index contributed by atoms with van der Waals surface area (Å²) in [6.07, 6.45) is 0. The third kappa shape index (κ3) is 11.5. The monoisotopic (exact) mass is 1260 g/mol. The molecule has 14 aromatic carbocycles. The molecule has 0 saturated heterocycles. The highest BCUT2D eigenvalue weighted by molar-refractivity contribution is 6.04. The van der Waals surface area contributed by atoms with Gasteiger partial charge < -0.3 is 28.7 Å². The lowest BCUT2D eigenvalue weighted by molar-refractivity contribution is 1.05. The molecular formula is C92H72N6. The van der Waals surface area contributed by atoms with Gasteiger partial charge >= 0.3 is 0 Å². The fourth-order valence-corrected chi connectivity index (χ4v) is 14.3. The molecule has 16 rings (SSSR count). The van der Waals surface area contributed by atoms with Gasteiger partial charge in [-0.3, -0.25) is 0 Å². The minimum Gasteiger partial charge on any atom is -0.313 e. The largest absolute Gasteiger partial charge is 0.313 e. The van der Waals surface area contributed by atoms with E-state index in [0.29, 0.717) is 0 Å². The van der Waals surface area contributed by atoms with E-state index in [1.165, 1.54) is 55.5 Å². The van der Waals surface area contributed by atoms with Crippen molar-refractivity contribution < 1.29 is 0 Å². The van der Waals surface area contributed by atoms with Gasteiger partial charge in [0.25, 0.3) is 0 Å². The molecule has 2 heterocycles. The van der Waals surface area contributed by atoms with Crippen molar-refractivity contribution in [2.75, 3.05) is 19.6 Å². The Hall–Kier alpha value is -12.6. The van der Waals surface area contributed by atoms with Crippen molar-refractivity contribution in [3.05, 3.63) is 386 Å². The Morgan fingerprint density at radius 2 is 0.408 bits per heavy atom. The van der Waals surface area contributed by atoms with Crippen LogP contribution in [0, 0.1) is 27.7 Å². The van der Waals surface area contributed by atoms with Crippen molar-refractivity contribution in [2.45, 2.75) is 27.7 Å². The molecule has 98 heavy (non-hydrogen) atoms. The minimum atomic E-state index is 1.07. The van der Waals surface area contributed by atoms with Crippen LogP contribution in [0.3, 0.4) is 0 Å². The van der Waals surface area contributed by atoms with Gasteiger partial charge in [-0.15, -0.1) is 0 Å². The Bertz CT molecular complexity index is 4980. The average molecular weight is 1260 g/mol. The quantitative estimate of drug-likeness (QED) is 0.0906. The first-order valence-electron chi connectivity index (χ1n) is 33.6. The van der Waals surface area contributed by atoms with E-state index in [-0.39, 0.29) is 0 Å². The molecule has 470 valence electrons. The fourth-order valence-electron chi connectivity index (χ4n) is 14.3. The summed E-state index contributed by atoms with van der Waals surface area (Å²) in [7, 11) is 0. The second-order valence-corrected chi connectivity index (χ2v) is 25.2. The van der Waals surface area contributed by atoms with Crippen LogP contribution in [0.1, 0.15) is 22.5 Å². The van der Waals surface area contributed by atoms with Gasteiger partial charge in [-0.05, 0) is 244 Å². The van der Waals surface area contributed by atoms with Crippen LogP contribution in [0.15, 0.2) is 364 Å². The lowest BCUT2D eigenvalue weighted by atomic mass is 9.96. The van der Waals surface area contributed by atoms with Crippen molar-refractivity contribution in [1.29, 1.82) is 0 Å². The molecular weight excluding hydrogens is 1190 g/mol. The van der Waals surface area contributed by atoms with E-state index in [4.69, 9.17) is 0 Å². The first-order chi connectivity index (χ1) is 48.3. The summed E-state index contributed by atoms with van der Waals surface area (Å²) in [6.45, 7) is 8.82. The van der Waals surface area contributed by atoms with Crippen molar-refractivity contribution in [3.8, 4) is 44.8 Å². The number of nitrogens with zero attached hydrogens (tertiary/aromatic N) is 6. The summed E-state index contributed by atoms with van der Waals surface area (Å²) >= 11 is 0. The average Bonchev–Trinajstić information content (AvgIpc) is 1.58. The highest BCUT2D eigenvalue weighted by Gasteiger charge is 2.24. The Kier molecular flexibility index (Phi) is 16.2. The third-order valence-corrected chi connectivity index (χ3v) is 19.0. The van der Waals surface area contributed by atoms with Crippen LogP contribution in [0.5, 0.6) is 0 Å². The van der Waals surface area contributed by atoms with Gasteiger partial charge in [-0.25, -0.2) is 0 Å². The summed E-state index contributed by atoms with van der Waals surface area (Å²) < 4.78 is 4.87. The zero-order valence-corrected chi connectivity index (χ0v) is 55.3. The Labute approximate surface area is 574 Å². The summed E-state index contributed by atoms with van der Waals surface area (Å²) in [5.74, 6) is 0. The zero-order valence-electron chi connectivity index (χ0n) is 55.3. The molecule has 0 bridgehead atoms. The van der Waals surface area contributed by atoms with E-state index >= 15 is 0 Å². The molecule has 0 aliphatic heterocycles. The molecule has 0 fully saturated rings. The molecule has 6 nitrogen and oxygen atoms in total. The molecule has 2 aromatic heterocycles. The second kappa shape index (κ2) is 26.3. The smallest absolute Gasteiger partial charge is 0.0538 e. The predicted molar refractivity (Wildman–Crippen MR) is 414 cm³/mol. The van der Waals surface area contributed by atoms with Gasteiger partial charge in [0.2, 0.25) is 0 Å². The maximum absolute atomic E-state index is 2.44. The third-order valence-electron chi connectivity index (χ3n) is 19.0. The van der Waals surface area contributed by atoms with E-state index in [0.717, 1.165) is 102 Å². The first kappa shape index (κ1) is 60.3. The molecule has 0 amide bonds. The maximum Gasteiger partial charge on any atom is 0.0538 e. The Morgan fingerprint density at radius 3 is 0.663 bits per heavy atom. The zero-order chi connectivity index (χ0) is 66.1. The number of fused-ring (bicyclic) bond motifs is 2. The lowest BCUT2D eigenvalue weighted by Crippen LogP contribution is -2.12. The standard InChI is InChI=1S/C92H72N6/c1-65-35-41-79(42-36-65)97(85-57-53-81(54-58-85)95(73-27-15-7-16-28-73)74-29-17-8-18-30-74)83-49-45-77(46-50-83)93-67(3)91(69-23-11-5-12-24-69)87-63-71(39-61-89(87)93)72-40-62-90-88(64-72)92(70-25-13-6-14-26-70)68(4)94(90)78-47-51-84(52-48-78)98(80-43-37-66(2)38-44-80)86-59-55-82(56-60-86)96(75-31-19-9-20-32-75)76-33-21-10-22-34-76/h5-64H,1-4H3. The molecule has 16 aromatic rings. The number of aryl methyl sites for hydroxylation is 2. The Morgan fingerprint density at radius 1 is 0.194 bits per heavy atom. The van der Waals surface area contributed by atoms with Crippen LogP contribution in [0.25, 0.3) is 66.6 Å². The molecule has 0 unspecified atom stereocenters. The number of rotatable bonds is 17. The molecule has 0 atom stereocenters. The molecule has 0 N–H and O–H groups in total. The van der Waals surface area contributed by atoms with Gasteiger partial charge in [0.05, 0.1) is 11.0 Å². The van der Waals surface area contributed by atoms with Crippen LogP contribution >= 0.6 is 0 Å². The number of anilines is 12. The van der Waals surface area contributed by atoms with Gasteiger partial charge in [-0.1, -0.05) is 181 Å². The minimum absolute atomic E-state index is 1.07. The van der Waals surface area contributed by atoms with Crippen molar-refractivity contribution in [3.63, 3.8) is 0 Å². The van der Waals surface area contributed by atoms with Crippen LogP contribution in [0.2, 0.25) is 0 Å². The predicted octanol–water partition coefficient (Wildman–Crippen LogP) is 25.7. The lowest BCUT2D eigenvalue weighted by Gasteiger charge is -2.28. The second-order valence-electron chi connectivity index (χ2n) is 25.2. The molecule has 0 saturated carbocycles. The Balaban J connectivity index is 0.750. The van der Waals surface area contributed by atoms with E-state index in [1.54, 1.807) is 0 Å². The highest BCUT2D eigenvalue weighted by atomic mass is 15.2. The molecule has 6 heteroatoms. The van der Waals surface area contributed by atoms with Gasteiger partial charge in [0.1, 0.15) is 0 Å². The number of benzene rings is 14. The molecule has 0 spiro atoms. The summed E-state index contributed by atoms with van der Waals surface area (Å²) in [5.41, 5.74) is 29.4. The van der Waals surface area contributed by atoms with Crippen LogP contribution in [-0.4, -0.2) is 9.13 Å². The van der Waals surface area contributed by atoms with Gasteiger partial charge in [0.15, 0.2) is 0 Å². The van der Waals surface area contributed by atoms with Crippen LogP contribution in [0.4, 0.5) is 68.2 Å². The maximum atomic E-state index is 2.44. The fraction of sp³-hybridized carbons (Fsp3) is 0.0435. The van der Waals surface area contributed by atoms with Crippen LogP contribution in [-0.2, 0) is 0 Å². The van der Waals surface area contributed by atoms with E-state index < -0.39 is 0 Å². The number of para-hydroxylation sites is 4. The van der Waals surface area contributed by atoms with Crippen molar-refractivity contribution in [2.24, 2.45) is 0 Å². The molecule has 0 aliphatic rings. The van der Waals surface area contributed by atoms with E-state index in [1.807, 2.05) is 0 Å². The first-order valence-corrected chi connectivity index (χ1v) is 33.6. The number of aromatic nitrogens is 2. The van der Waals surface area contributed by atoms with Crippen molar-refractivity contribution >= 4 is 90.1 Å². The summed E-state index contributed by atoms with van der Waals surface area (Å²) in [4.78, 5) is 9.31. The molecule has 0 radical (unpaired) electrons. The SMILES string of the molecule is Cc1ccc(N(c2ccc(N(c3ccccc3)c3ccccc3)cc2)c2ccc(-n3c(C)c(-c4ccccc4)c4cc(-c5ccc6c(c5)c(-c5ccccc5)c(C)n6-c5ccc(N(c6ccc(C)cc6)c6ccc(N(c7ccccc7)c7ccccc7)cc6)cc5)ccc43)cc2)cc1. The van der Waals surface area contributed by atoms with Gasteiger partial charge in [-0.2, -0.15) is 0 Å². The summed E-state index contributed by atoms with van der Waals surface area (Å²) in [5, 5.41) is 2.40. The topological polar surface area (TPSA) is 22.8 Å².